The quantitative estimate of drug-likeness (QED) is 0.378. The van der Waals surface area contributed by atoms with Crippen LogP contribution in [0.2, 0.25) is 0 Å². The first-order chi connectivity index (χ1) is 14.4. The minimum atomic E-state index is -4.01. The summed E-state index contributed by atoms with van der Waals surface area (Å²) in [5.74, 6) is 3.00. The molecule has 0 aromatic heterocycles. The molecule has 0 N–H and O–H groups in total. The van der Waals surface area contributed by atoms with Gasteiger partial charge in [-0.15, -0.1) is 0 Å². The Morgan fingerprint density at radius 3 is 2.03 bits per heavy atom. The Balaban J connectivity index is 1.46. The zero-order valence-corrected chi connectivity index (χ0v) is 17.9. The molecule has 1 aromatic rings. The third-order valence-electron chi connectivity index (χ3n) is 7.18. The van der Waals surface area contributed by atoms with Gasteiger partial charge in [-0.25, -0.2) is 0 Å². The molecule has 2 aliphatic carbocycles. The Morgan fingerprint density at radius 2 is 1.50 bits per heavy atom. The molecule has 1 nitrogen and oxygen atoms in total. The predicted molar refractivity (Wildman–Crippen MR) is 112 cm³/mol. The highest BCUT2D eigenvalue weighted by atomic mass is 19.3. The molecule has 0 atom stereocenters. The van der Waals surface area contributed by atoms with Gasteiger partial charge in [0.05, 0.1) is 6.08 Å². The van der Waals surface area contributed by atoms with Crippen LogP contribution in [0, 0.1) is 17.8 Å². The predicted octanol–water partition coefficient (Wildman–Crippen LogP) is 8.71. The third-order valence-corrected chi connectivity index (χ3v) is 7.18. The smallest absolute Gasteiger partial charge is 0.425 e. The van der Waals surface area contributed by atoms with Gasteiger partial charge in [0, 0.05) is 0 Å². The summed E-state index contributed by atoms with van der Waals surface area (Å²) in [5.41, 5.74) is 1.12. The molecule has 5 heteroatoms. The van der Waals surface area contributed by atoms with Crippen molar-refractivity contribution in [2.45, 2.75) is 89.6 Å². The minimum Gasteiger partial charge on any atom is -0.429 e. The van der Waals surface area contributed by atoms with E-state index < -0.39 is 18.3 Å². The van der Waals surface area contributed by atoms with E-state index in [1.807, 2.05) is 0 Å². The molecule has 2 fully saturated rings. The van der Waals surface area contributed by atoms with E-state index in [-0.39, 0.29) is 5.75 Å². The molecule has 3 rings (SSSR count). The normalized spacial score (nSPS) is 27.5. The molecule has 0 heterocycles. The summed E-state index contributed by atoms with van der Waals surface area (Å²) in [6, 6.07) is 6.50. The van der Waals surface area contributed by atoms with E-state index in [0.29, 0.717) is 5.92 Å². The van der Waals surface area contributed by atoms with Crippen LogP contribution in [0.4, 0.5) is 17.6 Å². The Hall–Kier alpha value is -1.52. The molecule has 0 amide bonds. The van der Waals surface area contributed by atoms with Crippen LogP contribution in [-0.4, -0.2) is 6.11 Å². The number of halogens is 4. The van der Waals surface area contributed by atoms with E-state index in [0.717, 1.165) is 36.2 Å². The lowest BCUT2D eigenvalue weighted by atomic mass is 9.68. The average Bonchev–Trinajstić information content (AvgIpc) is 2.72. The highest BCUT2D eigenvalue weighted by Gasteiger charge is 2.32. The Morgan fingerprint density at radius 1 is 0.933 bits per heavy atom. The van der Waals surface area contributed by atoms with Gasteiger partial charge in [-0.2, -0.15) is 17.6 Å². The van der Waals surface area contributed by atoms with E-state index in [4.69, 9.17) is 0 Å². The van der Waals surface area contributed by atoms with Gasteiger partial charge >= 0.3 is 6.11 Å². The number of hydrogen-bond acceptors (Lipinski definition) is 1. The molecule has 168 valence electrons. The van der Waals surface area contributed by atoms with Crippen molar-refractivity contribution in [3.05, 3.63) is 42.0 Å². The first kappa shape index (κ1) is 23.1. The zero-order chi connectivity index (χ0) is 21.6. The number of ether oxygens (including phenoxy) is 1. The molecule has 0 radical (unpaired) electrons. The highest BCUT2D eigenvalue weighted by molar-refractivity contribution is 5.30. The molecule has 2 saturated carbocycles. The van der Waals surface area contributed by atoms with E-state index in [9.17, 15) is 17.6 Å². The van der Waals surface area contributed by atoms with Crippen LogP contribution in [0.5, 0.6) is 5.75 Å². The number of benzene rings is 1. The van der Waals surface area contributed by atoms with Gasteiger partial charge in [0.25, 0.3) is 6.08 Å². The molecular weight excluding hydrogens is 392 g/mol. The van der Waals surface area contributed by atoms with Gasteiger partial charge in [0.2, 0.25) is 0 Å². The summed E-state index contributed by atoms with van der Waals surface area (Å²) in [7, 11) is 0. The molecule has 1 aromatic carbocycles. The fourth-order valence-electron chi connectivity index (χ4n) is 5.49. The average molecular weight is 427 g/mol. The van der Waals surface area contributed by atoms with Crippen molar-refractivity contribution in [2.24, 2.45) is 17.8 Å². The van der Waals surface area contributed by atoms with Crippen molar-refractivity contribution in [3.63, 3.8) is 0 Å². The molecule has 0 saturated heterocycles. The van der Waals surface area contributed by atoms with E-state index in [1.165, 1.54) is 69.9 Å². The van der Waals surface area contributed by atoms with E-state index >= 15 is 0 Å². The second-order valence-electron chi connectivity index (χ2n) is 9.20. The number of hydrogen-bond donors (Lipinski definition) is 0. The van der Waals surface area contributed by atoms with Crippen molar-refractivity contribution in [2.75, 3.05) is 0 Å². The second-order valence-corrected chi connectivity index (χ2v) is 9.20. The van der Waals surface area contributed by atoms with Crippen LogP contribution in [0.3, 0.4) is 0 Å². The van der Waals surface area contributed by atoms with Gasteiger partial charge in [0.15, 0.2) is 0 Å². The lowest BCUT2D eigenvalue weighted by Gasteiger charge is -2.38. The largest absolute Gasteiger partial charge is 0.429 e. The maximum Gasteiger partial charge on any atom is 0.425 e. The summed E-state index contributed by atoms with van der Waals surface area (Å²) >= 11 is 0. The molecule has 2 aliphatic rings. The zero-order valence-electron chi connectivity index (χ0n) is 17.9. The standard InChI is InChI=1S/C25H34F4O/c1-2-3-4-18-5-7-19(8-6-18)20-9-11-21(12-10-20)22-13-15-23(16-14-22)30-25(28,29)17-24(26)27/h13-21H,2-12H2,1H3. The summed E-state index contributed by atoms with van der Waals surface area (Å²) in [6.45, 7) is 2.27. The van der Waals surface area contributed by atoms with Gasteiger partial charge in [-0.3, -0.25) is 0 Å². The van der Waals surface area contributed by atoms with Crippen molar-refractivity contribution < 1.29 is 22.3 Å². The van der Waals surface area contributed by atoms with Crippen LogP contribution in [-0.2, 0) is 0 Å². The van der Waals surface area contributed by atoms with Gasteiger partial charge < -0.3 is 4.74 Å². The first-order valence-corrected chi connectivity index (χ1v) is 11.6. The monoisotopic (exact) mass is 426 g/mol. The second kappa shape index (κ2) is 10.7. The number of rotatable bonds is 8. The Labute approximate surface area is 177 Å². The molecule has 30 heavy (non-hydrogen) atoms. The molecule has 0 spiro atoms. The number of alkyl halides is 2. The summed E-state index contributed by atoms with van der Waals surface area (Å²) in [6.07, 6.45) is 7.46. The SMILES string of the molecule is CCCCC1CCC(C2CCC(c3ccc(OC(F)(F)C=C(F)F)cc3)CC2)CC1. The molecule has 0 aliphatic heterocycles. The lowest BCUT2D eigenvalue weighted by Crippen LogP contribution is -2.25. The van der Waals surface area contributed by atoms with Gasteiger partial charge in [-0.1, -0.05) is 51.2 Å². The van der Waals surface area contributed by atoms with Crippen LogP contribution in [0.1, 0.15) is 89.0 Å². The first-order valence-electron chi connectivity index (χ1n) is 11.6. The topological polar surface area (TPSA) is 9.23 Å². The Kier molecular flexibility index (Phi) is 8.24. The molecule has 0 unspecified atom stereocenters. The lowest BCUT2D eigenvalue weighted by molar-refractivity contribution is -0.133. The van der Waals surface area contributed by atoms with Crippen molar-refractivity contribution >= 4 is 0 Å². The van der Waals surface area contributed by atoms with Crippen LogP contribution in [0.25, 0.3) is 0 Å². The maximum absolute atomic E-state index is 13.3. The minimum absolute atomic E-state index is 0.102. The highest BCUT2D eigenvalue weighted by Crippen LogP contribution is 2.44. The summed E-state index contributed by atoms with van der Waals surface area (Å²) in [5, 5.41) is 0. The fourth-order valence-corrected chi connectivity index (χ4v) is 5.49. The van der Waals surface area contributed by atoms with Crippen molar-refractivity contribution in [1.82, 2.24) is 0 Å². The fraction of sp³-hybridized carbons (Fsp3) is 0.680. The van der Waals surface area contributed by atoms with E-state index in [1.54, 1.807) is 12.1 Å². The molecule has 0 bridgehead atoms. The maximum atomic E-state index is 13.3. The van der Waals surface area contributed by atoms with Crippen molar-refractivity contribution in [3.8, 4) is 5.75 Å². The summed E-state index contributed by atoms with van der Waals surface area (Å²) in [4.78, 5) is 0. The van der Waals surface area contributed by atoms with Crippen LogP contribution >= 0.6 is 0 Å². The number of unbranched alkanes of at least 4 members (excludes halogenated alkanes) is 1. The van der Waals surface area contributed by atoms with Gasteiger partial charge in [-0.05, 0) is 79.9 Å². The van der Waals surface area contributed by atoms with Crippen LogP contribution in [0.15, 0.2) is 36.4 Å². The van der Waals surface area contributed by atoms with Crippen molar-refractivity contribution in [1.29, 1.82) is 0 Å². The molecular formula is C25H34F4O. The summed E-state index contributed by atoms with van der Waals surface area (Å²) < 4.78 is 55.2. The van der Waals surface area contributed by atoms with Gasteiger partial charge in [0.1, 0.15) is 5.75 Å². The van der Waals surface area contributed by atoms with E-state index in [2.05, 4.69) is 11.7 Å². The van der Waals surface area contributed by atoms with Crippen LogP contribution < -0.4 is 4.74 Å². The Bertz CT molecular complexity index is 665. The third kappa shape index (κ3) is 6.75.